The Morgan fingerprint density at radius 1 is 1.20 bits per heavy atom. The van der Waals surface area contributed by atoms with Gasteiger partial charge in [0.05, 0.1) is 17.3 Å². The maximum atomic E-state index is 9.29. The number of benzene rings is 2. The molecular formula is C17H19N3. The van der Waals surface area contributed by atoms with Crippen LogP contribution in [0.4, 0.5) is 11.4 Å². The van der Waals surface area contributed by atoms with E-state index in [-0.39, 0.29) is 6.04 Å². The fourth-order valence-corrected chi connectivity index (χ4v) is 2.30. The van der Waals surface area contributed by atoms with Crippen molar-refractivity contribution in [3.05, 3.63) is 59.2 Å². The van der Waals surface area contributed by atoms with E-state index < -0.39 is 0 Å². The molecule has 1 atom stereocenters. The fraction of sp³-hybridized carbons (Fsp3) is 0.235. The first-order valence-corrected chi connectivity index (χ1v) is 6.62. The van der Waals surface area contributed by atoms with Crippen LogP contribution in [0, 0.1) is 18.3 Å². The van der Waals surface area contributed by atoms with E-state index >= 15 is 0 Å². The van der Waals surface area contributed by atoms with Gasteiger partial charge in [-0.15, -0.1) is 0 Å². The van der Waals surface area contributed by atoms with Crippen molar-refractivity contribution < 1.29 is 0 Å². The van der Waals surface area contributed by atoms with Crippen LogP contribution < -0.4 is 10.6 Å². The van der Waals surface area contributed by atoms with E-state index in [1.54, 1.807) is 0 Å². The van der Waals surface area contributed by atoms with Gasteiger partial charge in [0.2, 0.25) is 0 Å². The average Bonchev–Trinajstić information content (AvgIpc) is 2.45. The number of hydrogen-bond acceptors (Lipinski definition) is 3. The summed E-state index contributed by atoms with van der Waals surface area (Å²) in [5.41, 5.74) is 10.5. The van der Waals surface area contributed by atoms with E-state index in [2.05, 4.69) is 24.0 Å². The van der Waals surface area contributed by atoms with Crippen LogP contribution in [0.25, 0.3) is 0 Å². The van der Waals surface area contributed by atoms with E-state index in [1.165, 1.54) is 0 Å². The van der Waals surface area contributed by atoms with Gasteiger partial charge in [0.25, 0.3) is 0 Å². The Balaban J connectivity index is 2.36. The summed E-state index contributed by atoms with van der Waals surface area (Å²) in [5.74, 6) is 0. The highest BCUT2D eigenvalue weighted by Crippen LogP contribution is 2.29. The van der Waals surface area contributed by atoms with Crippen molar-refractivity contribution in [1.29, 1.82) is 5.26 Å². The van der Waals surface area contributed by atoms with Gasteiger partial charge >= 0.3 is 0 Å². The standard InChI is InChI=1S/C17H19N3/c1-12-7-8-17(15(9-12)11-18)20(3)13(2)14-5-4-6-16(19)10-14/h4-10,13H,19H2,1-3H3. The van der Waals surface area contributed by atoms with Crippen molar-refractivity contribution in [2.75, 3.05) is 17.7 Å². The van der Waals surface area contributed by atoms with Crippen LogP contribution >= 0.6 is 0 Å². The number of rotatable bonds is 3. The lowest BCUT2D eigenvalue weighted by Crippen LogP contribution is -2.22. The molecule has 2 rings (SSSR count). The van der Waals surface area contributed by atoms with Crippen molar-refractivity contribution in [2.24, 2.45) is 0 Å². The second kappa shape index (κ2) is 5.66. The predicted octanol–water partition coefficient (Wildman–Crippen LogP) is 3.65. The zero-order chi connectivity index (χ0) is 14.7. The maximum absolute atomic E-state index is 9.29. The van der Waals surface area contributed by atoms with Gasteiger partial charge in [0.15, 0.2) is 0 Å². The molecular weight excluding hydrogens is 246 g/mol. The summed E-state index contributed by atoms with van der Waals surface area (Å²) >= 11 is 0. The molecule has 3 heteroatoms. The van der Waals surface area contributed by atoms with Crippen molar-refractivity contribution in [1.82, 2.24) is 0 Å². The molecule has 0 aromatic heterocycles. The molecule has 2 N–H and O–H groups in total. The highest BCUT2D eigenvalue weighted by Gasteiger charge is 2.15. The number of nitriles is 1. The van der Waals surface area contributed by atoms with Crippen LogP contribution in [-0.4, -0.2) is 7.05 Å². The van der Waals surface area contributed by atoms with E-state index in [9.17, 15) is 5.26 Å². The second-order valence-corrected chi connectivity index (χ2v) is 5.09. The molecule has 0 aliphatic rings. The summed E-state index contributed by atoms with van der Waals surface area (Å²) in [5, 5.41) is 9.29. The molecule has 0 amide bonds. The fourth-order valence-electron chi connectivity index (χ4n) is 2.30. The Kier molecular flexibility index (Phi) is 3.95. The molecule has 3 nitrogen and oxygen atoms in total. The molecule has 20 heavy (non-hydrogen) atoms. The van der Waals surface area contributed by atoms with Gasteiger partial charge in [-0.2, -0.15) is 5.26 Å². The van der Waals surface area contributed by atoms with Gasteiger partial charge in [0, 0.05) is 12.7 Å². The highest BCUT2D eigenvalue weighted by atomic mass is 15.1. The Morgan fingerprint density at radius 2 is 1.95 bits per heavy atom. The van der Waals surface area contributed by atoms with Crippen molar-refractivity contribution in [2.45, 2.75) is 19.9 Å². The van der Waals surface area contributed by atoms with E-state index in [0.29, 0.717) is 5.56 Å². The number of nitrogens with zero attached hydrogens (tertiary/aromatic N) is 2. The monoisotopic (exact) mass is 265 g/mol. The summed E-state index contributed by atoms with van der Waals surface area (Å²) in [4.78, 5) is 2.10. The van der Waals surface area contributed by atoms with Crippen molar-refractivity contribution in [3.8, 4) is 6.07 Å². The first kappa shape index (κ1) is 14.0. The minimum absolute atomic E-state index is 0.147. The van der Waals surface area contributed by atoms with Crippen LogP contribution in [0.1, 0.15) is 29.7 Å². The van der Waals surface area contributed by atoms with Gasteiger partial charge in [0.1, 0.15) is 6.07 Å². The van der Waals surface area contributed by atoms with Gasteiger partial charge in [-0.05, 0) is 49.2 Å². The number of hydrogen-bond donors (Lipinski definition) is 1. The molecule has 0 saturated carbocycles. The zero-order valence-corrected chi connectivity index (χ0v) is 12.1. The molecule has 0 aliphatic heterocycles. The highest BCUT2D eigenvalue weighted by molar-refractivity contribution is 5.61. The molecule has 0 spiro atoms. The summed E-state index contributed by atoms with van der Waals surface area (Å²) in [7, 11) is 2.00. The molecule has 0 fully saturated rings. The van der Waals surface area contributed by atoms with Crippen LogP contribution in [-0.2, 0) is 0 Å². The number of aryl methyl sites for hydroxylation is 1. The van der Waals surface area contributed by atoms with Gasteiger partial charge in [-0.3, -0.25) is 0 Å². The Morgan fingerprint density at radius 3 is 2.60 bits per heavy atom. The molecule has 0 radical (unpaired) electrons. The Labute approximate surface area is 120 Å². The van der Waals surface area contributed by atoms with Crippen LogP contribution in [0.5, 0.6) is 0 Å². The third kappa shape index (κ3) is 2.75. The van der Waals surface area contributed by atoms with E-state index in [0.717, 1.165) is 22.5 Å². The van der Waals surface area contributed by atoms with Crippen LogP contribution in [0.2, 0.25) is 0 Å². The number of anilines is 2. The van der Waals surface area contributed by atoms with Crippen LogP contribution in [0.15, 0.2) is 42.5 Å². The first-order chi connectivity index (χ1) is 9.52. The summed E-state index contributed by atoms with van der Waals surface area (Å²) < 4.78 is 0. The van der Waals surface area contributed by atoms with Gasteiger partial charge < -0.3 is 10.6 Å². The molecule has 0 bridgehead atoms. The maximum Gasteiger partial charge on any atom is 0.101 e. The Hall–Kier alpha value is -2.47. The molecule has 0 heterocycles. The lowest BCUT2D eigenvalue weighted by molar-refractivity contribution is 0.739. The third-order valence-electron chi connectivity index (χ3n) is 3.63. The molecule has 2 aromatic rings. The molecule has 0 aliphatic carbocycles. The second-order valence-electron chi connectivity index (χ2n) is 5.09. The average molecular weight is 265 g/mol. The van der Waals surface area contributed by atoms with Gasteiger partial charge in [-0.1, -0.05) is 18.2 Å². The molecule has 1 unspecified atom stereocenters. The SMILES string of the molecule is Cc1ccc(N(C)C(C)c2cccc(N)c2)c(C#N)c1. The normalized spacial score (nSPS) is 11.7. The van der Waals surface area contributed by atoms with Crippen molar-refractivity contribution >= 4 is 11.4 Å². The largest absolute Gasteiger partial charge is 0.399 e. The quantitative estimate of drug-likeness (QED) is 0.862. The Bertz CT molecular complexity index is 656. The van der Waals surface area contributed by atoms with E-state index in [1.807, 2.05) is 50.4 Å². The zero-order valence-electron chi connectivity index (χ0n) is 12.1. The van der Waals surface area contributed by atoms with Gasteiger partial charge in [-0.25, -0.2) is 0 Å². The number of nitrogen functional groups attached to an aromatic ring is 1. The lowest BCUT2D eigenvalue weighted by Gasteiger charge is -2.28. The first-order valence-electron chi connectivity index (χ1n) is 6.62. The number of nitrogens with two attached hydrogens (primary N) is 1. The molecule has 102 valence electrons. The summed E-state index contributed by atoms with van der Waals surface area (Å²) in [6.07, 6.45) is 0. The van der Waals surface area contributed by atoms with Crippen LogP contribution in [0.3, 0.4) is 0 Å². The molecule has 0 saturated heterocycles. The lowest BCUT2D eigenvalue weighted by atomic mass is 10.0. The minimum Gasteiger partial charge on any atom is -0.399 e. The smallest absolute Gasteiger partial charge is 0.101 e. The topological polar surface area (TPSA) is 53.0 Å². The third-order valence-corrected chi connectivity index (χ3v) is 3.63. The summed E-state index contributed by atoms with van der Waals surface area (Å²) in [6, 6.07) is 16.2. The summed E-state index contributed by atoms with van der Waals surface area (Å²) in [6.45, 7) is 4.10. The minimum atomic E-state index is 0.147. The predicted molar refractivity (Wildman–Crippen MR) is 83.6 cm³/mol. The van der Waals surface area contributed by atoms with E-state index in [4.69, 9.17) is 5.73 Å². The van der Waals surface area contributed by atoms with Crippen molar-refractivity contribution in [3.63, 3.8) is 0 Å². The molecule has 2 aromatic carbocycles.